The summed E-state index contributed by atoms with van der Waals surface area (Å²) in [4.78, 5) is 12.2. The van der Waals surface area contributed by atoms with E-state index in [1.54, 1.807) is 21.3 Å². The fourth-order valence-electron chi connectivity index (χ4n) is 3.58. The van der Waals surface area contributed by atoms with Crippen molar-refractivity contribution in [2.24, 2.45) is 0 Å². The fraction of sp³-hybridized carbons (Fsp3) is 0.211. The van der Waals surface area contributed by atoms with Crippen molar-refractivity contribution >= 4 is 33.1 Å². The van der Waals surface area contributed by atoms with E-state index in [9.17, 15) is 4.79 Å². The van der Waals surface area contributed by atoms with Crippen LogP contribution in [0.3, 0.4) is 0 Å². The molecule has 122 valence electrons. The molecule has 0 aliphatic carbocycles. The molecule has 1 heterocycles. The molecule has 5 heteroatoms. The van der Waals surface area contributed by atoms with Gasteiger partial charge in [0.15, 0.2) is 11.5 Å². The SMILES string of the molecule is COc1c(OC)c(OC)c2c3c(cc4ccccc42)NC(=O)Cc13. The number of carbonyl (C=O) groups is 1. The molecule has 1 N–H and O–H groups in total. The van der Waals surface area contributed by atoms with Crippen LogP contribution >= 0.6 is 0 Å². The fourth-order valence-corrected chi connectivity index (χ4v) is 3.58. The molecule has 1 aliphatic rings. The Morgan fingerprint density at radius 2 is 1.62 bits per heavy atom. The van der Waals surface area contributed by atoms with Gasteiger partial charge < -0.3 is 19.5 Å². The summed E-state index contributed by atoms with van der Waals surface area (Å²) in [6.45, 7) is 0. The molecule has 0 radical (unpaired) electrons. The molecule has 1 amide bonds. The first kappa shape index (κ1) is 14.6. The van der Waals surface area contributed by atoms with E-state index in [2.05, 4.69) is 5.32 Å². The largest absolute Gasteiger partial charge is 0.492 e. The highest BCUT2D eigenvalue weighted by molar-refractivity contribution is 6.22. The van der Waals surface area contributed by atoms with Gasteiger partial charge >= 0.3 is 0 Å². The van der Waals surface area contributed by atoms with Crippen molar-refractivity contribution in [2.45, 2.75) is 6.42 Å². The Bertz CT molecular complexity index is 994. The van der Waals surface area contributed by atoms with Crippen LogP contribution in [0.25, 0.3) is 21.5 Å². The van der Waals surface area contributed by atoms with E-state index in [-0.39, 0.29) is 12.3 Å². The van der Waals surface area contributed by atoms with E-state index in [0.717, 1.165) is 32.8 Å². The summed E-state index contributed by atoms with van der Waals surface area (Å²) in [5.74, 6) is 1.61. The molecule has 1 aliphatic heterocycles. The maximum absolute atomic E-state index is 12.2. The lowest BCUT2D eigenvalue weighted by atomic mass is 9.91. The molecule has 24 heavy (non-hydrogen) atoms. The first-order valence-corrected chi connectivity index (χ1v) is 7.65. The third-order valence-corrected chi connectivity index (χ3v) is 4.49. The predicted octanol–water partition coefficient (Wildman–Crippen LogP) is 3.51. The van der Waals surface area contributed by atoms with E-state index < -0.39 is 0 Å². The summed E-state index contributed by atoms with van der Waals surface area (Å²) in [6.07, 6.45) is 0.241. The minimum atomic E-state index is -0.0652. The van der Waals surface area contributed by atoms with Crippen molar-refractivity contribution in [1.82, 2.24) is 0 Å². The number of benzene rings is 3. The summed E-state index contributed by atoms with van der Waals surface area (Å²) < 4.78 is 16.8. The van der Waals surface area contributed by atoms with Gasteiger partial charge in [0.1, 0.15) is 0 Å². The second kappa shape index (κ2) is 5.30. The summed E-state index contributed by atoms with van der Waals surface area (Å²) in [7, 11) is 4.77. The molecule has 0 bridgehead atoms. The lowest BCUT2D eigenvalue weighted by Gasteiger charge is -2.25. The number of fused-ring (bicyclic) bond motifs is 2. The van der Waals surface area contributed by atoms with Gasteiger partial charge in [0.05, 0.1) is 27.8 Å². The van der Waals surface area contributed by atoms with Crippen LogP contribution in [0.15, 0.2) is 30.3 Å². The highest BCUT2D eigenvalue weighted by Crippen LogP contribution is 2.52. The highest BCUT2D eigenvalue weighted by Gasteiger charge is 2.29. The van der Waals surface area contributed by atoms with E-state index >= 15 is 0 Å². The van der Waals surface area contributed by atoms with Crippen molar-refractivity contribution in [3.05, 3.63) is 35.9 Å². The zero-order chi connectivity index (χ0) is 16.8. The minimum absolute atomic E-state index is 0.0652. The summed E-state index contributed by atoms with van der Waals surface area (Å²) in [5.41, 5.74) is 1.60. The molecule has 5 nitrogen and oxygen atoms in total. The third kappa shape index (κ3) is 1.84. The summed E-state index contributed by atoms with van der Waals surface area (Å²) in [6, 6.07) is 10.0. The highest BCUT2D eigenvalue weighted by atomic mass is 16.5. The molecule has 0 unspecified atom stereocenters. The van der Waals surface area contributed by atoms with Crippen LogP contribution in [-0.4, -0.2) is 27.2 Å². The van der Waals surface area contributed by atoms with Crippen LogP contribution in [-0.2, 0) is 11.2 Å². The Hall–Kier alpha value is -2.95. The smallest absolute Gasteiger partial charge is 0.228 e. The number of rotatable bonds is 3. The number of amides is 1. The topological polar surface area (TPSA) is 56.8 Å². The normalized spacial score (nSPS) is 13.0. The van der Waals surface area contributed by atoms with Crippen LogP contribution in [0, 0.1) is 0 Å². The molecular formula is C19H17NO4. The van der Waals surface area contributed by atoms with Crippen molar-refractivity contribution in [3.63, 3.8) is 0 Å². The molecule has 0 fully saturated rings. The first-order valence-electron chi connectivity index (χ1n) is 7.65. The lowest BCUT2D eigenvalue weighted by molar-refractivity contribution is -0.115. The van der Waals surface area contributed by atoms with Crippen LogP contribution < -0.4 is 19.5 Å². The maximum Gasteiger partial charge on any atom is 0.228 e. The monoisotopic (exact) mass is 323 g/mol. The summed E-state index contributed by atoms with van der Waals surface area (Å²) >= 11 is 0. The molecule has 0 saturated carbocycles. The van der Waals surface area contributed by atoms with Gasteiger partial charge in [-0.2, -0.15) is 0 Å². The number of anilines is 1. The van der Waals surface area contributed by atoms with Gasteiger partial charge in [0.2, 0.25) is 11.7 Å². The van der Waals surface area contributed by atoms with Crippen molar-refractivity contribution < 1.29 is 19.0 Å². The summed E-state index contributed by atoms with van der Waals surface area (Å²) in [5, 5.41) is 6.92. The molecule has 3 aromatic carbocycles. The van der Waals surface area contributed by atoms with Crippen LogP contribution in [0.2, 0.25) is 0 Å². The molecule has 0 atom stereocenters. The van der Waals surface area contributed by atoms with Crippen LogP contribution in [0.1, 0.15) is 5.56 Å². The number of nitrogens with one attached hydrogen (secondary N) is 1. The van der Waals surface area contributed by atoms with Gasteiger partial charge in [-0.25, -0.2) is 0 Å². The second-order valence-corrected chi connectivity index (χ2v) is 5.70. The van der Waals surface area contributed by atoms with Crippen molar-refractivity contribution in [3.8, 4) is 17.2 Å². The first-order chi connectivity index (χ1) is 11.7. The van der Waals surface area contributed by atoms with E-state index in [0.29, 0.717) is 17.2 Å². The predicted molar refractivity (Wildman–Crippen MR) is 93.4 cm³/mol. The van der Waals surface area contributed by atoms with Crippen molar-refractivity contribution in [2.75, 3.05) is 26.6 Å². The number of ether oxygens (including phenoxy) is 3. The lowest BCUT2D eigenvalue weighted by Crippen LogP contribution is -2.20. The third-order valence-electron chi connectivity index (χ3n) is 4.49. The Morgan fingerprint density at radius 3 is 2.33 bits per heavy atom. The Kier molecular flexibility index (Phi) is 3.23. The van der Waals surface area contributed by atoms with Gasteiger partial charge in [-0.05, 0) is 16.8 Å². The zero-order valence-electron chi connectivity index (χ0n) is 13.7. The molecule has 4 rings (SSSR count). The number of hydrogen-bond donors (Lipinski definition) is 1. The Morgan fingerprint density at radius 1 is 0.917 bits per heavy atom. The van der Waals surface area contributed by atoms with Gasteiger partial charge in [-0.1, -0.05) is 24.3 Å². The van der Waals surface area contributed by atoms with E-state index in [1.807, 2.05) is 30.3 Å². The molecule has 0 saturated heterocycles. The Balaban J connectivity index is 2.32. The van der Waals surface area contributed by atoms with Crippen LogP contribution in [0.4, 0.5) is 5.69 Å². The second-order valence-electron chi connectivity index (χ2n) is 5.70. The quantitative estimate of drug-likeness (QED) is 0.749. The number of hydrogen-bond acceptors (Lipinski definition) is 4. The van der Waals surface area contributed by atoms with Crippen LogP contribution in [0.5, 0.6) is 17.2 Å². The molecule has 3 aromatic rings. The minimum Gasteiger partial charge on any atom is -0.492 e. The van der Waals surface area contributed by atoms with Gasteiger partial charge in [0, 0.05) is 22.0 Å². The van der Waals surface area contributed by atoms with Gasteiger partial charge in [-0.3, -0.25) is 4.79 Å². The van der Waals surface area contributed by atoms with E-state index in [1.165, 1.54) is 0 Å². The number of methoxy groups -OCH3 is 3. The Labute approximate surface area is 139 Å². The van der Waals surface area contributed by atoms with Gasteiger partial charge in [-0.15, -0.1) is 0 Å². The molecular weight excluding hydrogens is 306 g/mol. The molecule has 0 aromatic heterocycles. The van der Waals surface area contributed by atoms with E-state index in [4.69, 9.17) is 14.2 Å². The van der Waals surface area contributed by atoms with Gasteiger partial charge in [0.25, 0.3) is 0 Å². The molecule has 0 spiro atoms. The maximum atomic E-state index is 12.2. The van der Waals surface area contributed by atoms with Crippen molar-refractivity contribution in [1.29, 1.82) is 0 Å². The number of carbonyl (C=O) groups excluding carboxylic acids is 1. The average Bonchev–Trinajstić information content (AvgIpc) is 2.60. The zero-order valence-corrected chi connectivity index (χ0v) is 13.7. The standard InChI is InChI=1S/C19H17NO4/c1-22-17-12-9-14(21)20-13-8-10-6-4-5-7-11(10)16(15(12)13)18(23-2)19(17)24-3/h4-8H,9H2,1-3H3,(H,20,21). The average molecular weight is 323 g/mol.